The Morgan fingerprint density at radius 2 is 1.87 bits per heavy atom. The second-order valence-corrected chi connectivity index (χ2v) is 7.42. The minimum absolute atomic E-state index is 0.0499. The topological polar surface area (TPSA) is 92.6 Å². The normalized spacial score (nSPS) is 16.2. The third-order valence-corrected chi connectivity index (χ3v) is 5.40. The van der Waals surface area contributed by atoms with Crippen LogP contribution in [-0.4, -0.2) is 47.5 Å². The van der Waals surface area contributed by atoms with Crippen LogP contribution in [0.3, 0.4) is 0 Å². The Hall–Kier alpha value is -3.81. The monoisotopic (exact) mass is 399 g/mol. The maximum absolute atomic E-state index is 13.6. The van der Waals surface area contributed by atoms with Crippen LogP contribution in [0.2, 0.25) is 0 Å². The summed E-state index contributed by atoms with van der Waals surface area (Å²) in [6.45, 7) is 2.64. The number of aromatic amines is 1. The van der Waals surface area contributed by atoms with E-state index in [2.05, 4.69) is 25.4 Å². The lowest BCUT2D eigenvalue weighted by Crippen LogP contribution is -2.32. The Morgan fingerprint density at radius 1 is 1.07 bits per heavy atom. The Balaban J connectivity index is 1.47. The molecule has 1 fully saturated rings. The van der Waals surface area contributed by atoms with E-state index >= 15 is 0 Å². The zero-order chi connectivity index (χ0) is 20.5. The van der Waals surface area contributed by atoms with Gasteiger partial charge in [-0.1, -0.05) is 42.0 Å². The zero-order valence-electron chi connectivity index (χ0n) is 16.6. The Labute approximate surface area is 173 Å². The van der Waals surface area contributed by atoms with Crippen molar-refractivity contribution in [2.24, 2.45) is 0 Å². The second-order valence-electron chi connectivity index (χ2n) is 7.42. The van der Waals surface area contributed by atoms with Gasteiger partial charge in [-0.05, 0) is 31.9 Å². The van der Waals surface area contributed by atoms with E-state index in [1.54, 1.807) is 12.4 Å². The molecule has 1 amide bonds. The number of nitrogens with zero attached hydrogens (tertiary/aromatic N) is 6. The molecule has 0 spiro atoms. The van der Waals surface area contributed by atoms with Crippen LogP contribution in [0.4, 0.5) is 0 Å². The summed E-state index contributed by atoms with van der Waals surface area (Å²) in [4.78, 5) is 20.2. The summed E-state index contributed by atoms with van der Waals surface area (Å²) in [6.07, 6.45) is 4.97. The molecule has 0 bridgehead atoms. The summed E-state index contributed by atoms with van der Waals surface area (Å²) in [6, 6.07) is 15.5. The molecule has 0 unspecified atom stereocenters. The molecule has 1 atom stereocenters. The summed E-state index contributed by atoms with van der Waals surface area (Å²) in [5.41, 5.74) is 3.23. The van der Waals surface area contributed by atoms with Gasteiger partial charge < -0.3 is 9.88 Å². The zero-order valence-corrected chi connectivity index (χ0v) is 16.6. The molecular formula is C22H21N7O. The molecule has 0 aliphatic carbocycles. The van der Waals surface area contributed by atoms with Crippen LogP contribution in [-0.2, 0) is 0 Å². The molecule has 30 heavy (non-hydrogen) atoms. The first-order chi connectivity index (χ1) is 14.7. The van der Waals surface area contributed by atoms with Gasteiger partial charge in [-0.25, -0.2) is 0 Å². The average Bonchev–Trinajstić information content (AvgIpc) is 3.55. The van der Waals surface area contributed by atoms with E-state index in [0.717, 1.165) is 24.0 Å². The van der Waals surface area contributed by atoms with Gasteiger partial charge in [0.25, 0.3) is 5.91 Å². The predicted molar refractivity (Wildman–Crippen MR) is 111 cm³/mol. The number of likely N-dealkylation sites (tertiary alicyclic amines) is 1. The Morgan fingerprint density at radius 3 is 2.67 bits per heavy atom. The van der Waals surface area contributed by atoms with Crippen molar-refractivity contribution >= 4 is 5.91 Å². The summed E-state index contributed by atoms with van der Waals surface area (Å²) < 4.78 is 0. The molecule has 2 aromatic heterocycles. The molecule has 1 aliphatic heterocycles. The van der Waals surface area contributed by atoms with Gasteiger partial charge in [0.15, 0.2) is 11.6 Å². The second kappa shape index (κ2) is 7.55. The van der Waals surface area contributed by atoms with Crippen LogP contribution >= 0.6 is 0 Å². The number of aromatic nitrogens is 6. The van der Waals surface area contributed by atoms with Crippen molar-refractivity contribution in [1.82, 2.24) is 35.1 Å². The van der Waals surface area contributed by atoms with Gasteiger partial charge in [0, 0.05) is 12.1 Å². The van der Waals surface area contributed by atoms with Crippen LogP contribution in [0, 0.1) is 6.92 Å². The number of benzene rings is 2. The van der Waals surface area contributed by atoms with E-state index in [1.165, 1.54) is 4.80 Å². The molecule has 8 heteroatoms. The van der Waals surface area contributed by atoms with E-state index in [4.69, 9.17) is 0 Å². The van der Waals surface area contributed by atoms with Crippen molar-refractivity contribution < 1.29 is 4.79 Å². The van der Waals surface area contributed by atoms with E-state index < -0.39 is 0 Å². The van der Waals surface area contributed by atoms with Crippen LogP contribution in [0.15, 0.2) is 60.9 Å². The first-order valence-corrected chi connectivity index (χ1v) is 9.97. The number of hydrogen-bond acceptors (Lipinski definition) is 5. The molecule has 4 aromatic rings. The van der Waals surface area contributed by atoms with E-state index in [1.807, 2.05) is 60.4 Å². The van der Waals surface area contributed by atoms with Gasteiger partial charge in [-0.3, -0.25) is 4.79 Å². The molecule has 8 nitrogen and oxygen atoms in total. The summed E-state index contributed by atoms with van der Waals surface area (Å²) in [7, 11) is 0. The standard InChI is InChI=1S/C22H21N7O/c1-15-9-10-18(29-23-11-12-24-29)17(14-15)22(30)28-13-5-8-19(28)21-25-20(26-27-21)16-6-3-2-4-7-16/h2-4,6-7,9-12,14,19H,5,8,13H2,1H3,(H,25,26,27)/t19-/m0/s1. The van der Waals surface area contributed by atoms with E-state index in [0.29, 0.717) is 29.4 Å². The van der Waals surface area contributed by atoms with E-state index in [-0.39, 0.29) is 11.9 Å². The summed E-state index contributed by atoms with van der Waals surface area (Å²) in [5.74, 6) is 1.37. The summed E-state index contributed by atoms with van der Waals surface area (Å²) in [5, 5.41) is 17.1. The number of hydrogen-bond donors (Lipinski definition) is 1. The third-order valence-electron chi connectivity index (χ3n) is 5.40. The highest BCUT2D eigenvalue weighted by Crippen LogP contribution is 2.33. The molecule has 0 radical (unpaired) electrons. The largest absolute Gasteiger partial charge is 0.328 e. The lowest BCUT2D eigenvalue weighted by molar-refractivity contribution is 0.0729. The minimum Gasteiger partial charge on any atom is -0.328 e. The van der Waals surface area contributed by atoms with Crippen molar-refractivity contribution in [2.45, 2.75) is 25.8 Å². The van der Waals surface area contributed by atoms with Crippen LogP contribution in [0.1, 0.15) is 40.6 Å². The highest BCUT2D eigenvalue weighted by atomic mass is 16.2. The highest BCUT2D eigenvalue weighted by molar-refractivity contribution is 5.98. The average molecular weight is 399 g/mol. The maximum Gasteiger partial charge on any atom is 0.256 e. The molecule has 0 saturated carbocycles. The van der Waals surface area contributed by atoms with Crippen molar-refractivity contribution in [3.63, 3.8) is 0 Å². The molecule has 1 saturated heterocycles. The fourth-order valence-corrected chi connectivity index (χ4v) is 3.94. The highest BCUT2D eigenvalue weighted by Gasteiger charge is 2.34. The van der Waals surface area contributed by atoms with Crippen molar-refractivity contribution in [3.8, 4) is 17.1 Å². The number of carbonyl (C=O) groups is 1. The number of nitrogens with one attached hydrogen (secondary N) is 1. The first kappa shape index (κ1) is 18.2. The lowest BCUT2D eigenvalue weighted by atomic mass is 10.1. The van der Waals surface area contributed by atoms with Gasteiger partial charge in [0.2, 0.25) is 0 Å². The predicted octanol–water partition coefficient (Wildman–Crippen LogP) is 3.34. The number of amides is 1. The number of H-pyrrole nitrogens is 1. The fraction of sp³-hybridized carbons (Fsp3) is 0.227. The number of rotatable bonds is 4. The van der Waals surface area contributed by atoms with Crippen LogP contribution in [0.25, 0.3) is 17.1 Å². The third kappa shape index (κ3) is 3.26. The lowest BCUT2D eigenvalue weighted by Gasteiger charge is -2.24. The summed E-state index contributed by atoms with van der Waals surface area (Å²) >= 11 is 0. The molecule has 2 aromatic carbocycles. The smallest absolute Gasteiger partial charge is 0.256 e. The molecule has 3 heterocycles. The molecule has 1 aliphatic rings. The molecule has 1 N–H and O–H groups in total. The van der Waals surface area contributed by atoms with Crippen molar-refractivity contribution in [3.05, 3.63) is 77.9 Å². The van der Waals surface area contributed by atoms with Gasteiger partial charge in [-0.15, -0.1) is 10.2 Å². The minimum atomic E-state index is -0.138. The molecule has 150 valence electrons. The van der Waals surface area contributed by atoms with Crippen LogP contribution < -0.4 is 0 Å². The Bertz CT molecular complexity index is 1170. The Kier molecular flexibility index (Phi) is 4.59. The fourth-order valence-electron chi connectivity index (χ4n) is 3.94. The van der Waals surface area contributed by atoms with Gasteiger partial charge >= 0.3 is 0 Å². The quantitative estimate of drug-likeness (QED) is 0.568. The number of carbonyl (C=O) groups excluding carboxylic acids is 1. The van der Waals surface area contributed by atoms with E-state index in [9.17, 15) is 4.79 Å². The number of aryl methyl sites for hydroxylation is 1. The van der Waals surface area contributed by atoms with Gasteiger partial charge in [0.05, 0.1) is 29.7 Å². The van der Waals surface area contributed by atoms with Crippen molar-refractivity contribution in [1.29, 1.82) is 0 Å². The molecule has 5 rings (SSSR count). The molecular weight excluding hydrogens is 378 g/mol. The van der Waals surface area contributed by atoms with Gasteiger partial charge in [-0.2, -0.15) is 15.0 Å². The maximum atomic E-state index is 13.6. The SMILES string of the molecule is Cc1ccc(-n2nccn2)c(C(=O)N2CCC[C@H]2c2nnc(-c3ccccc3)[nH]2)c1. The van der Waals surface area contributed by atoms with Crippen LogP contribution in [0.5, 0.6) is 0 Å². The van der Waals surface area contributed by atoms with Gasteiger partial charge in [0.1, 0.15) is 0 Å². The first-order valence-electron chi connectivity index (χ1n) is 9.97. The van der Waals surface area contributed by atoms with Crippen molar-refractivity contribution in [2.75, 3.05) is 6.54 Å².